The van der Waals surface area contributed by atoms with Crippen LogP contribution >= 0.6 is 0 Å². The van der Waals surface area contributed by atoms with Crippen LogP contribution in [0.25, 0.3) is 0 Å². The third-order valence-electron chi connectivity index (χ3n) is 3.79. The van der Waals surface area contributed by atoms with Gasteiger partial charge in [0.2, 0.25) is 5.91 Å². The molecule has 0 aliphatic carbocycles. The maximum Gasteiger partial charge on any atom is 0.222 e. The first-order valence-electron chi connectivity index (χ1n) is 6.84. The van der Waals surface area contributed by atoms with Crippen LogP contribution in [0.15, 0.2) is 18.2 Å². The molecular weight excluding hydrogens is 259 g/mol. The van der Waals surface area contributed by atoms with Crippen LogP contribution in [0.1, 0.15) is 31.4 Å². The van der Waals surface area contributed by atoms with Crippen molar-refractivity contribution in [2.75, 3.05) is 20.7 Å². The predicted octanol–water partition coefficient (Wildman–Crippen LogP) is 2.11. The number of piperidine rings is 1. The summed E-state index contributed by atoms with van der Waals surface area (Å²) in [7, 11) is 3.28. The molecule has 2 rings (SSSR count). The largest absolute Gasteiger partial charge is 0.494 e. The molecule has 20 heavy (non-hydrogen) atoms. The van der Waals surface area contributed by atoms with Gasteiger partial charge < -0.3 is 15.0 Å². The summed E-state index contributed by atoms with van der Waals surface area (Å²) in [4.78, 5) is 13.2. The number of carbonyl (C=O) groups is 1. The van der Waals surface area contributed by atoms with Crippen LogP contribution in [0.2, 0.25) is 0 Å². The molecule has 1 amide bonds. The first-order valence-corrected chi connectivity index (χ1v) is 6.84. The van der Waals surface area contributed by atoms with Gasteiger partial charge in [-0.1, -0.05) is 6.07 Å². The molecule has 0 spiro atoms. The van der Waals surface area contributed by atoms with E-state index in [4.69, 9.17) is 4.74 Å². The molecule has 1 aliphatic rings. The average molecular weight is 280 g/mol. The van der Waals surface area contributed by atoms with Gasteiger partial charge in [-0.05, 0) is 31.0 Å². The molecule has 0 bridgehead atoms. The fourth-order valence-electron chi connectivity index (χ4n) is 2.54. The number of methoxy groups -OCH3 is 1. The second kappa shape index (κ2) is 6.22. The van der Waals surface area contributed by atoms with E-state index in [-0.39, 0.29) is 29.6 Å². The minimum absolute atomic E-state index is 0.0797. The number of benzene rings is 1. The summed E-state index contributed by atoms with van der Waals surface area (Å²) in [5.41, 5.74) is 0.975. The highest BCUT2D eigenvalue weighted by atomic mass is 19.1. The topological polar surface area (TPSA) is 41.6 Å². The minimum Gasteiger partial charge on any atom is -0.494 e. The average Bonchev–Trinajstić information content (AvgIpc) is 2.43. The summed E-state index contributed by atoms with van der Waals surface area (Å²) in [6.45, 7) is 2.74. The Kier molecular flexibility index (Phi) is 4.60. The number of likely N-dealkylation sites (tertiary alicyclic amines) is 1. The monoisotopic (exact) mass is 280 g/mol. The molecule has 1 aromatic rings. The van der Waals surface area contributed by atoms with E-state index in [0.29, 0.717) is 13.0 Å². The molecule has 0 unspecified atom stereocenters. The summed E-state index contributed by atoms with van der Waals surface area (Å²) >= 11 is 0. The molecule has 1 N–H and O–H groups in total. The molecule has 2 atom stereocenters. The third kappa shape index (κ3) is 3.28. The summed E-state index contributed by atoms with van der Waals surface area (Å²) in [6, 6.07) is 5.24. The van der Waals surface area contributed by atoms with E-state index < -0.39 is 0 Å². The molecule has 0 saturated carbocycles. The molecule has 1 aromatic carbocycles. The number of hydrogen-bond donors (Lipinski definition) is 1. The minimum atomic E-state index is -0.355. The molecule has 5 heteroatoms. The third-order valence-corrected chi connectivity index (χ3v) is 3.79. The standard InChI is InChI=1S/C15H21FN2O2/c1-10(11-4-6-13(16)14(8-11)20-3)17-12-5-7-15(19)18(2)9-12/h4,6,8,10,12,17H,5,7,9H2,1-3H3/t10-,12+/m0/s1. The van der Waals surface area contributed by atoms with Gasteiger partial charge in [-0.25, -0.2) is 4.39 Å². The molecule has 0 aromatic heterocycles. The van der Waals surface area contributed by atoms with Crippen molar-refractivity contribution in [1.29, 1.82) is 0 Å². The summed E-state index contributed by atoms with van der Waals surface area (Å²) in [5, 5.41) is 3.48. The van der Waals surface area contributed by atoms with Crippen LogP contribution in [0.3, 0.4) is 0 Å². The lowest BCUT2D eigenvalue weighted by Gasteiger charge is -2.32. The van der Waals surface area contributed by atoms with Crippen LogP contribution in [-0.2, 0) is 4.79 Å². The van der Waals surface area contributed by atoms with Crippen molar-refractivity contribution in [1.82, 2.24) is 10.2 Å². The number of carbonyl (C=O) groups excluding carboxylic acids is 1. The SMILES string of the molecule is COc1cc([C@H](C)N[C@@H]2CCC(=O)N(C)C2)ccc1F. The molecule has 0 radical (unpaired) electrons. The first kappa shape index (κ1) is 14.8. The van der Waals surface area contributed by atoms with Crippen molar-refractivity contribution in [2.45, 2.75) is 31.8 Å². The Morgan fingerprint density at radius 1 is 1.50 bits per heavy atom. The van der Waals surface area contributed by atoms with E-state index in [2.05, 4.69) is 5.32 Å². The van der Waals surface area contributed by atoms with E-state index in [0.717, 1.165) is 12.0 Å². The highest BCUT2D eigenvalue weighted by molar-refractivity contribution is 5.76. The van der Waals surface area contributed by atoms with Crippen molar-refractivity contribution in [3.8, 4) is 5.75 Å². The number of halogens is 1. The lowest BCUT2D eigenvalue weighted by molar-refractivity contribution is -0.132. The second-order valence-electron chi connectivity index (χ2n) is 5.29. The van der Waals surface area contributed by atoms with Gasteiger partial charge in [0.1, 0.15) is 0 Å². The summed E-state index contributed by atoms with van der Waals surface area (Å²) in [6.07, 6.45) is 1.42. The van der Waals surface area contributed by atoms with Gasteiger partial charge >= 0.3 is 0 Å². The van der Waals surface area contributed by atoms with Crippen LogP contribution < -0.4 is 10.1 Å². The highest BCUT2D eigenvalue weighted by Crippen LogP contribution is 2.23. The molecule has 1 fully saturated rings. The smallest absolute Gasteiger partial charge is 0.222 e. The first-order chi connectivity index (χ1) is 9.51. The molecule has 1 aliphatic heterocycles. The van der Waals surface area contributed by atoms with E-state index >= 15 is 0 Å². The number of hydrogen-bond acceptors (Lipinski definition) is 3. The Bertz CT molecular complexity index is 493. The van der Waals surface area contributed by atoms with Crippen LogP contribution in [-0.4, -0.2) is 37.6 Å². The Balaban J connectivity index is 2.01. The van der Waals surface area contributed by atoms with Gasteiger partial charge in [0, 0.05) is 32.1 Å². The van der Waals surface area contributed by atoms with E-state index in [9.17, 15) is 9.18 Å². The van der Waals surface area contributed by atoms with Crippen LogP contribution in [0.5, 0.6) is 5.75 Å². The van der Waals surface area contributed by atoms with E-state index in [1.807, 2.05) is 14.0 Å². The fourth-order valence-corrected chi connectivity index (χ4v) is 2.54. The van der Waals surface area contributed by atoms with Crippen molar-refractivity contribution >= 4 is 5.91 Å². The summed E-state index contributed by atoms with van der Waals surface area (Å²) < 4.78 is 18.4. The molecule has 110 valence electrons. The van der Waals surface area contributed by atoms with Crippen LogP contribution in [0, 0.1) is 5.82 Å². The number of amides is 1. The van der Waals surface area contributed by atoms with Gasteiger partial charge in [0.25, 0.3) is 0 Å². The van der Waals surface area contributed by atoms with Gasteiger partial charge in [-0.3, -0.25) is 4.79 Å². The number of likely N-dealkylation sites (N-methyl/N-ethyl adjacent to an activating group) is 1. The maximum absolute atomic E-state index is 13.4. The molecule has 1 saturated heterocycles. The zero-order valence-electron chi connectivity index (χ0n) is 12.1. The lowest BCUT2D eigenvalue weighted by atomic mass is 10.0. The highest BCUT2D eigenvalue weighted by Gasteiger charge is 2.24. The van der Waals surface area contributed by atoms with Crippen molar-refractivity contribution in [3.05, 3.63) is 29.6 Å². The molecular formula is C15H21FN2O2. The van der Waals surface area contributed by atoms with Gasteiger partial charge in [0.15, 0.2) is 11.6 Å². The lowest BCUT2D eigenvalue weighted by Crippen LogP contribution is -2.47. The molecule has 1 heterocycles. The van der Waals surface area contributed by atoms with E-state index in [1.54, 1.807) is 17.0 Å². The van der Waals surface area contributed by atoms with Gasteiger partial charge in [-0.2, -0.15) is 0 Å². The Labute approximate surface area is 118 Å². The summed E-state index contributed by atoms with van der Waals surface area (Å²) in [5.74, 6) is 0.0951. The Morgan fingerprint density at radius 2 is 2.25 bits per heavy atom. The Morgan fingerprint density at radius 3 is 2.90 bits per heavy atom. The Hall–Kier alpha value is -1.62. The zero-order valence-corrected chi connectivity index (χ0v) is 12.1. The van der Waals surface area contributed by atoms with E-state index in [1.165, 1.54) is 13.2 Å². The second-order valence-corrected chi connectivity index (χ2v) is 5.29. The number of rotatable bonds is 4. The van der Waals surface area contributed by atoms with Crippen molar-refractivity contribution < 1.29 is 13.9 Å². The quantitative estimate of drug-likeness (QED) is 0.918. The molecule has 4 nitrogen and oxygen atoms in total. The number of nitrogens with zero attached hydrogens (tertiary/aromatic N) is 1. The van der Waals surface area contributed by atoms with Crippen LogP contribution in [0.4, 0.5) is 4.39 Å². The van der Waals surface area contributed by atoms with Gasteiger partial charge in [-0.15, -0.1) is 0 Å². The number of ether oxygens (including phenoxy) is 1. The number of nitrogens with one attached hydrogen (secondary N) is 1. The maximum atomic E-state index is 13.4. The van der Waals surface area contributed by atoms with Crippen molar-refractivity contribution in [2.24, 2.45) is 0 Å². The normalized spacial score (nSPS) is 20.9. The predicted molar refractivity (Wildman–Crippen MR) is 75.2 cm³/mol. The zero-order chi connectivity index (χ0) is 14.7. The van der Waals surface area contributed by atoms with Crippen molar-refractivity contribution in [3.63, 3.8) is 0 Å². The fraction of sp³-hybridized carbons (Fsp3) is 0.533. The van der Waals surface area contributed by atoms with Gasteiger partial charge in [0.05, 0.1) is 7.11 Å².